The topological polar surface area (TPSA) is 9.23 Å². The van der Waals surface area contributed by atoms with Gasteiger partial charge in [-0.15, -0.1) is 0 Å². The van der Waals surface area contributed by atoms with Crippen molar-refractivity contribution < 1.29 is 4.65 Å². The van der Waals surface area contributed by atoms with Crippen molar-refractivity contribution in [2.45, 2.75) is 50.7 Å². The maximum Gasteiger partial charge on any atom is 0.296 e. The van der Waals surface area contributed by atoms with Gasteiger partial charge in [0.2, 0.25) is 0 Å². The maximum atomic E-state index is 5.59. The average molecular weight is 166 g/mol. The van der Waals surface area contributed by atoms with Crippen LogP contribution in [0.1, 0.15) is 38.5 Å². The minimum atomic E-state index is 0.597. The molecule has 2 rings (SSSR count). The van der Waals surface area contributed by atoms with Gasteiger partial charge < -0.3 is 4.65 Å². The molecule has 0 amide bonds. The van der Waals surface area contributed by atoms with E-state index in [0.717, 1.165) is 11.7 Å². The zero-order chi connectivity index (χ0) is 8.39. The van der Waals surface area contributed by atoms with E-state index in [-0.39, 0.29) is 0 Å². The lowest BCUT2D eigenvalue weighted by atomic mass is 9.51. The molecule has 2 saturated heterocycles. The van der Waals surface area contributed by atoms with E-state index >= 15 is 0 Å². The summed E-state index contributed by atoms with van der Waals surface area (Å²) in [5.74, 6) is 1.88. The minimum absolute atomic E-state index is 0.597. The molecule has 0 N–H and O–H groups in total. The van der Waals surface area contributed by atoms with Crippen LogP contribution in [0.25, 0.3) is 0 Å². The molecule has 0 atom stereocenters. The summed E-state index contributed by atoms with van der Waals surface area (Å²) in [4.78, 5) is 0. The van der Waals surface area contributed by atoms with Gasteiger partial charge in [0.1, 0.15) is 0 Å². The van der Waals surface area contributed by atoms with Crippen molar-refractivity contribution in [3.8, 4) is 0 Å². The van der Waals surface area contributed by atoms with E-state index < -0.39 is 0 Å². The Labute approximate surface area is 76.0 Å². The van der Waals surface area contributed by atoms with E-state index in [1.165, 1.54) is 44.8 Å². The van der Waals surface area contributed by atoms with Gasteiger partial charge in [0, 0.05) is 7.11 Å². The van der Waals surface area contributed by atoms with Crippen LogP contribution in [0.2, 0.25) is 12.1 Å². The number of hydrogen-bond donors (Lipinski definition) is 0. The second-order valence-corrected chi connectivity index (χ2v) is 4.50. The van der Waals surface area contributed by atoms with Crippen LogP contribution in [0, 0.1) is 5.92 Å². The zero-order valence-corrected chi connectivity index (χ0v) is 8.09. The first-order valence-electron chi connectivity index (χ1n) is 5.43. The van der Waals surface area contributed by atoms with Gasteiger partial charge in [-0.2, -0.15) is 0 Å². The van der Waals surface area contributed by atoms with Crippen LogP contribution in [0.4, 0.5) is 0 Å². The first-order valence-corrected chi connectivity index (χ1v) is 5.43. The first kappa shape index (κ1) is 8.62. The molecule has 2 heterocycles. The third-order valence-corrected chi connectivity index (χ3v) is 3.77. The van der Waals surface area contributed by atoms with Crippen LogP contribution in [0.3, 0.4) is 0 Å². The van der Waals surface area contributed by atoms with Crippen LogP contribution in [-0.4, -0.2) is 14.0 Å². The molecule has 2 bridgehead atoms. The number of rotatable bonds is 1. The van der Waals surface area contributed by atoms with Gasteiger partial charge in [-0.1, -0.05) is 38.5 Å². The molecule has 0 aromatic heterocycles. The van der Waals surface area contributed by atoms with E-state index in [2.05, 4.69) is 0 Å². The molecular weight excluding hydrogens is 147 g/mol. The molecule has 0 spiro atoms. The lowest BCUT2D eigenvalue weighted by Gasteiger charge is -2.17. The lowest BCUT2D eigenvalue weighted by molar-refractivity contribution is 0.401. The molecule has 0 saturated carbocycles. The van der Waals surface area contributed by atoms with Gasteiger partial charge >= 0.3 is 0 Å². The van der Waals surface area contributed by atoms with Crippen molar-refractivity contribution in [1.29, 1.82) is 0 Å². The Morgan fingerprint density at radius 3 is 2.33 bits per heavy atom. The Morgan fingerprint density at radius 2 is 1.75 bits per heavy atom. The van der Waals surface area contributed by atoms with Crippen LogP contribution in [-0.2, 0) is 4.65 Å². The molecule has 0 radical (unpaired) electrons. The summed E-state index contributed by atoms with van der Waals surface area (Å²) in [6.45, 7) is 0.597. The third-order valence-electron chi connectivity index (χ3n) is 3.77. The Hall–Kier alpha value is 0.0249. The molecule has 0 aromatic rings. The normalized spacial score (nSPS) is 36.2. The highest BCUT2D eigenvalue weighted by molar-refractivity contribution is 6.53. The van der Waals surface area contributed by atoms with Crippen molar-refractivity contribution in [2.75, 3.05) is 7.11 Å². The zero-order valence-electron chi connectivity index (χ0n) is 8.09. The fourth-order valence-corrected chi connectivity index (χ4v) is 3.04. The standard InChI is InChI=1S/C10H19BO/c1-12-11-8-9-4-2-6-10(11)7-3-5-9/h9-10H,2-8H2,1H3. The molecule has 0 aliphatic carbocycles. The molecule has 2 fully saturated rings. The van der Waals surface area contributed by atoms with Crippen molar-refractivity contribution in [1.82, 2.24) is 0 Å². The fraction of sp³-hybridized carbons (Fsp3) is 1.00. The van der Waals surface area contributed by atoms with Crippen LogP contribution in [0.5, 0.6) is 0 Å². The maximum absolute atomic E-state index is 5.59. The highest BCUT2D eigenvalue weighted by Gasteiger charge is 2.34. The SMILES string of the molecule is COB1CC2CCCC1CCC2. The molecule has 1 nitrogen and oxygen atoms in total. The van der Waals surface area contributed by atoms with E-state index in [1.807, 2.05) is 7.11 Å². The summed E-state index contributed by atoms with van der Waals surface area (Å²) in [5, 5.41) is 0. The molecule has 2 aliphatic heterocycles. The molecule has 2 heteroatoms. The van der Waals surface area contributed by atoms with Crippen LogP contribution >= 0.6 is 0 Å². The highest BCUT2D eigenvalue weighted by atomic mass is 16.4. The summed E-state index contributed by atoms with van der Waals surface area (Å²) in [6.07, 6.45) is 10.0. The van der Waals surface area contributed by atoms with Crippen molar-refractivity contribution in [3.05, 3.63) is 0 Å². The fourth-order valence-electron chi connectivity index (χ4n) is 3.04. The van der Waals surface area contributed by atoms with Crippen molar-refractivity contribution in [3.63, 3.8) is 0 Å². The Kier molecular flexibility index (Phi) is 2.74. The molecule has 12 heavy (non-hydrogen) atoms. The average Bonchev–Trinajstić information content (AvgIpc) is 2.33. The molecule has 68 valence electrons. The van der Waals surface area contributed by atoms with Crippen LogP contribution < -0.4 is 0 Å². The second kappa shape index (κ2) is 3.82. The molecular formula is C10H19BO. The second-order valence-electron chi connectivity index (χ2n) is 4.50. The van der Waals surface area contributed by atoms with E-state index in [9.17, 15) is 0 Å². The van der Waals surface area contributed by atoms with Crippen molar-refractivity contribution in [2.24, 2.45) is 5.92 Å². The van der Waals surface area contributed by atoms with E-state index in [4.69, 9.17) is 4.65 Å². The van der Waals surface area contributed by atoms with Gasteiger partial charge in [-0.25, -0.2) is 0 Å². The van der Waals surface area contributed by atoms with Gasteiger partial charge in [0.15, 0.2) is 0 Å². The summed E-state index contributed by atoms with van der Waals surface area (Å²) in [6, 6.07) is 0. The monoisotopic (exact) mass is 166 g/mol. The number of hydrogen-bond acceptors (Lipinski definition) is 1. The smallest absolute Gasteiger partial charge is 0.296 e. The van der Waals surface area contributed by atoms with Gasteiger partial charge in [0.25, 0.3) is 6.92 Å². The molecule has 0 aromatic carbocycles. The summed E-state index contributed by atoms with van der Waals surface area (Å²) < 4.78 is 5.59. The Morgan fingerprint density at radius 1 is 1.08 bits per heavy atom. The summed E-state index contributed by atoms with van der Waals surface area (Å²) in [5.41, 5.74) is 0. The van der Waals surface area contributed by atoms with E-state index in [1.54, 1.807) is 0 Å². The predicted molar refractivity (Wildman–Crippen MR) is 52.5 cm³/mol. The van der Waals surface area contributed by atoms with Crippen LogP contribution in [0.15, 0.2) is 0 Å². The first-order chi connectivity index (χ1) is 5.90. The summed E-state index contributed by atoms with van der Waals surface area (Å²) >= 11 is 0. The third kappa shape index (κ3) is 1.68. The predicted octanol–water partition coefficient (Wildman–Crippen LogP) is 2.98. The lowest BCUT2D eigenvalue weighted by Crippen LogP contribution is -2.22. The highest BCUT2D eigenvalue weighted by Crippen LogP contribution is 2.40. The number of fused-ring (bicyclic) bond motifs is 3. The minimum Gasteiger partial charge on any atom is -0.438 e. The largest absolute Gasteiger partial charge is 0.438 e. The van der Waals surface area contributed by atoms with Gasteiger partial charge in [0.05, 0.1) is 0 Å². The molecule has 2 aliphatic rings. The van der Waals surface area contributed by atoms with Gasteiger partial charge in [-0.05, 0) is 18.1 Å². The van der Waals surface area contributed by atoms with Crippen molar-refractivity contribution >= 4 is 6.92 Å². The van der Waals surface area contributed by atoms with E-state index in [0.29, 0.717) is 6.92 Å². The molecule has 0 unspecified atom stereocenters. The van der Waals surface area contributed by atoms with Gasteiger partial charge in [-0.3, -0.25) is 0 Å². The Bertz CT molecular complexity index is 139. The summed E-state index contributed by atoms with van der Waals surface area (Å²) in [7, 11) is 1.89. The Balaban J connectivity index is 2.06. The quantitative estimate of drug-likeness (QED) is 0.544.